The Hall–Kier alpha value is -3.68. The van der Waals surface area contributed by atoms with Crippen LogP contribution >= 0.6 is 0 Å². The zero-order chi connectivity index (χ0) is 23.4. The molecule has 1 aliphatic rings. The number of amides is 1. The van der Waals surface area contributed by atoms with Crippen molar-refractivity contribution in [3.63, 3.8) is 0 Å². The number of aliphatic hydroxyl groups excluding tert-OH is 2. The number of aliphatic hydroxyl groups is 2. The van der Waals surface area contributed by atoms with Crippen molar-refractivity contribution in [3.8, 4) is 11.1 Å². The van der Waals surface area contributed by atoms with E-state index in [1.165, 1.54) is 0 Å². The normalized spacial score (nSPS) is 14.1. The molecule has 0 aliphatic heterocycles. The summed E-state index contributed by atoms with van der Waals surface area (Å²) >= 11 is 0. The average Bonchev–Trinajstić information content (AvgIpc) is 3.16. The maximum absolute atomic E-state index is 12.3. The van der Waals surface area contributed by atoms with E-state index in [0.717, 1.165) is 22.3 Å². The molecule has 0 heterocycles. The number of hydrogen-bond donors (Lipinski definition) is 5. The number of benzene rings is 3. The predicted molar refractivity (Wildman–Crippen MR) is 126 cm³/mol. The Labute approximate surface area is 192 Å². The van der Waals surface area contributed by atoms with Gasteiger partial charge in [-0.05, 0) is 34.2 Å². The summed E-state index contributed by atoms with van der Waals surface area (Å²) in [5, 5.41) is 31.1. The Morgan fingerprint density at radius 1 is 0.970 bits per heavy atom. The molecule has 3 aromatic rings. The smallest absolute Gasteiger partial charge is 0.407 e. The van der Waals surface area contributed by atoms with Gasteiger partial charge in [-0.1, -0.05) is 72.8 Å². The quantitative estimate of drug-likeness (QED) is 0.268. The van der Waals surface area contributed by atoms with E-state index in [4.69, 9.17) is 15.9 Å². The second-order valence-electron chi connectivity index (χ2n) is 8.05. The minimum absolute atomic E-state index is 0.0290. The van der Waals surface area contributed by atoms with Crippen molar-refractivity contribution in [1.82, 2.24) is 5.32 Å². The molecule has 7 nitrogen and oxygen atoms in total. The summed E-state index contributed by atoms with van der Waals surface area (Å²) in [6.45, 7) is 0.328. The second-order valence-corrected chi connectivity index (χ2v) is 8.05. The number of fused-ring (bicyclic) bond motifs is 3. The molecule has 2 unspecified atom stereocenters. The summed E-state index contributed by atoms with van der Waals surface area (Å²) in [6.07, 6.45) is -2.84. The molecule has 0 radical (unpaired) electrons. The van der Waals surface area contributed by atoms with Crippen LogP contribution in [0.5, 0.6) is 0 Å². The van der Waals surface area contributed by atoms with Crippen LogP contribution in [-0.4, -0.2) is 41.4 Å². The number of nitrogens with one attached hydrogen (secondary N) is 2. The van der Waals surface area contributed by atoms with E-state index < -0.39 is 18.3 Å². The molecule has 0 fully saturated rings. The molecule has 4 rings (SSSR count). The van der Waals surface area contributed by atoms with Crippen molar-refractivity contribution < 1.29 is 19.7 Å². The topological polar surface area (TPSA) is 129 Å². The van der Waals surface area contributed by atoms with E-state index in [1.807, 2.05) is 24.3 Å². The monoisotopic (exact) mass is 445 g/mol. The SMILES string of the molecule is N=C(N)c1ccccc1C(O)C(O)CCNC(=O)OCC1c2ccccc2-c2ccccc21. The summed E-state index contributed by atoms with van der Waals surface area (Å²) in [4.78, 5) is 12.3. The summed E-state index contributed by atoms with van der Waals surface area (Å²) in [7, 11) is 0. The molecule has 6 N–H and O–H groups in total. The Bertz CT molecular complexity index is 1120. The highest BCUT2D eigenvalue weighted by molar-refractivity contribution is 5.96. The lowest BCUT2D eigenvalue weighted by Crippen LogP contribution is -2.31. The van der Waals surface area contributed by atoms with Gasteiger partial charge in [-0.3, -0.25) is 5.41 Å². The molecule has 33 heavy (non-hydrogen) atoms. The third-order valence-electron chi connectivity index (χ3n) is 5.99. The Morgan fingerprint density at radius 3 is 2.18 bits per heavy atom. The predicted octanol–water partition coefficient (Wildman–Crippen LogP) is 3.29. The zero-order valence-electron chi connectivity index (χ0n) is 18.1. The van der Waals surface area contributed by atoms with Gasteiger partial charge in [0.25, 0.3) is 0 Å². The molecule has 1 aliphatic carbocycles. The largest absolute Gasteiger partial charge is 0.449 e. The highest BCUT2D eigenvalue weighted by Crippen LogP contribution is 2.44. The molecule has 2 atom stereocenters. The Morgan fingerprint density at radius 2 is 1.55 bits per heavy atom. The number of amidine groups is 1. The van der Waals surface area contributed by atoms with Gasteiger partial charge < -0.3 is 26.0 Å². The van der Waals surface area contributed by atoms with Crippen molar-refractivity contribution in [2.75, 3.05) is 13.2 Å². The molecule has 0 bridgehead atoms. The van der Waals surface area contributed by atoms with E-state index >= 15 is 0 Å². The van der Waals surface area contributed by atoms with Gasteiger partial charge in [-0.15, -0.1) is 0 Å². The van der Waals surface area contributed by atoms with Gasteiger partial charge in [0.2, 0.25) is 0 Å². The Balaban J connectivity index is 1.30. The third kappa shape index (κ3) is 4.74. The molecule has 0 saturated carbocycles. The van der Waals surface area contributed by atoms with E-state index in [1.54, 1.807) is 24.3 Å². The second kappa shape index (κ2) is 9.85. The molecule has 0 aromatic heterocycles. The summed E-state index contributed by atoms with van der Waals surface area (Å²) in [5.41, 5.74) is 10.9. The van der Waals surface area contributed by atoms with Gasteiger partial charge in [-0.2, -0.15) is 0 Å². The van der Waals surface area contributed by atoms with Crippen LogP contribution in [-0.2, 0) is 4.74 Å². The highest BCUT2D eigenvalue weighted by atomic mass is 16.5. The molecule has 1 amide bonds. The number of nitrogen functional groups attached to an aromatic ring is 1. The number of hydrogen-bond acceptors (Lipinski definition) is 5. The first-order valence-electron chi connectivity index (χ1n) is 10.9. The van der Waals surface area contributed by atoms with E-state index in [9.17, 15) is 15.0 Å². The van der Waals surface area contributed by atoms with Crippen LogP contribution in [0.3, 0.4) is 0 Å². The minimum atomic E-state index is -1.23. The fourth-order valence-electron chi connectivity index (χ4n) is 4.34. The van der Waals surface area contributed by atoms with E-state index in [0.29, 0.717) is 11.1 Å². The first-order valence-corrected chi connectivity index (χ1v) is 10.9. The van der Waals surface area contributed by atoms with Crippen molar-refractivity contribution in [1.29, 1.82) is 5.41 Å². The first kappa shape index (κ1) is 22.5. The Kier molecular flexibility index (Phi) is 6.72. The van der Waals surface area contributed by atoms with Gasteiger partial charge in [-0.25, -0.2) is 4.79 Å². The summed E-state index contributed by atoms with van der Waals surface area (Å²) < 4.78 is 5.48. The van der Waals surface area contributed by atoms with Crippen molar-refractivity contribution in [2.24, 2.45) is 5.73 Å². The third-order valence-corrected chi connectivity index (χ3v) is 5.99. The van der Waals surface area contributed by atoms with Gasteiger partial charge in [0.05, 0.1) is 6.10 Å². The van der Waals surface area contributed by atoms with Gasteiger partial charge >= 0.3 is 6.09 Å². The minimum Gasteiger partial charge on any atom is -0.449 e. The molecule has 0 saturated heterocycles. The van der Waals surface area contributed by atoms with Crippen LogP contribution < -0.4 is 11.1 Å². The zero-order valence-corrected chi connectivity index (χ0v) is 18.1. The lowest BCUT2D eigenvalue weighted by atomic mass is 9.96. The van der Waals surface area contributed by atoms with Crippen LogP contribution in [0.1, 0.15) is 40.7 Å². The molecule has 7 heteroatoms. The van der Waals surface area contributed by atoms with Crippen LogP contribution in [0.25, 0.3) is 11.1 Å². The first-order chi connectivity index (χ1) is 16.0. The van der Waals surface area contributed by atoms with Crippen LogP contribution in [0.15, 0.2) is 72.8 Å². The number of ether oxygens (including phenoxy) is 1. The molecule has 0 spiro atoms. The van der Waals surface area contributed by atoms with Crippen LogP contribution in [0.2, 0.25) is 0 Å². The fourth-order valence-corrected chi connectivity index (χ4v) is 4.34. The fraction of sp³-hybridized carbons (Fsp3) is 0.231. The number of rotatable bonds is 8. The molecule has 170 valence electrons. The lowest BCUT2D eigenvalue weighted by molar-refractivity contribution is 0.0135. The maximum atomic E-state index is 12.3. The van der Waals surface area contributed by atoms with Crippen molar-refractivity contribution >= 4 is 11.9 Å². The summed E-state index contributed by atoms with van der Waals surface area (Å²) in [6, 6.07) is 22.9. The highest BCUT2D eigenvalue weighted by Gasteiger charge is 2.29. The molecular weight excluding hydrogens is 418 g/mol. The number of nitrogens with two attached hydrogens (primary N) is 1. The van der Waals surface area contributed by atoms with Gasteiger partial charge in [0.15, 0.2) is 0 Å². The van der Waals surface area contributed by atoms with Crippen molar-refractivity contribution in [3.05, 3.63) is 95.1 Å². The number of carbonyl (C=O) groups excluding carboxylic acids is 1. The van der Waals surface area contributed by atoms with Crippen LogP contribution in [0.4, 0.5) is 4.79 Å². The maximum Gasteiger partial charge on any atom is 0.407 e. The van der Waals surface area contributed by atoms with Crippen LogP contribution in [0, 0.1) is 5.41 Å². The number of carbonyl (C=O) groups is 1. The standard InChI is InChI=1S/C26H27N3O4/c27-25(28)21-12-6-5-11-20(21)24(31)23(30)13-14-29-26(32)33-15-22-18-9-3-1-7-16(18)17-8-2-4-10-19(17)22/h1-12,22-24,30-31H,13-15H2,(H3,27,28)(H,29,32). The number of alkyl carbamates (subject to hydrolysis) is 1. The van der Waals surface area contributed by atoms with Gasteiger partial charge in [0, 0.05) is 18.0 Å². The lowest BCUT2D eigenvalue weighted by Gasteiger charge is -2.20. The van der Waals surface area contributed by atoms with E-state index in [2.05, 4.69) is 29.6 Å². The molecular formula is C26H27N3O4. The van der Waals surface area contributed by atoms with Gasteiger partial charge in [0.1, 0.15) is 18.5 Å². The average molecular weight is 446 g/mol. The molecule has 3 aromatic carbocycles. The summed E-state index contributed by atoms with van der Waals surface area (Å²) in [5.74, 6) is -0.216. The van der Waals surface area contributed by atoms with E-state index in [-0.39, 0.29) is 31.3 Å². The van der Waals surface area contributed by atoms with Crippen molar-refractivity contribution in [2.45, 2.75) is 24.5 Å².